The zero-order valence-corrected chi connectivity index (χ0v) is 22.5. The lowest BCUT2D eigenvalue weighted by molar-refractivity contribution is -0.139. The number of piperidine rings is 1. The molecule has 0 aliphatic carbocycles. The molecule has 0 radical (unpaired) electrons. The van der Waals surface area contributed by atoms with Gasteiger partial charge < -0.3 is 9.47 Å². The number of aryl methyl sites for hydroxylation is 1. The third-order valence-corrected chi connectivity index (χ3v) is 7.41. The van der Waals surface area contributed by atoms with Gasteiger partial charge in [-0.1, -0.05) is 25.6 Å². The highest BCUT2D eigenvalue weighted by atomic mass is 28.3. The number of nitrogens with zero attached hydrogens (tertiary/aromatic N) is 6. The summed E-state index contributed by atoms with van der Waals surface area (Å²) in [5.74, 6) is 3.61. The van der Waals surface area contributed by atoms with Crippen molar-refractivity contribution in [3.8, 4) is 22.7 Å². The molecule has 198 valence electrons. The monoisotopic (exact) mass is 541 g/mol. The first-order valence-corrected chi connectivity index (χ1v) is 15.8. The summed E-state index contributed by atoms with van der Waals surface area (Å²) in [6.45, 7) is 7.93. The van der Waals surface area contributed by atoms with Crippen LogP contribution in [0.25, 0.3) is 22.3 Å². The van der Waals surface area contributed by atoms with Crippen LogP contribution in [0.1, 0.15) is 35.8 Å². The summed E-state index contributed by atoms with van der Waals surface area (Å²) in [6.07, 6.45) is -0.00773. The molecular weight excluding hydrogens is 514 g/mol. The Labute approximate surface area is 218 Å². The second-order valence-corrected chi connectivity index (χ2v) is 15.3. The van der Waals surface area contributed by atoms with Gasteiger partial charge in [-0.15, -0.1) is 5.54 Å². The van der Waals surface area contributed by atoms with Gasteiger partial charge in [0.15, 0.2) is 5.65 Å². The average Bonchev–Trinajstić information content (AvgIpc) is 3.45. The van der Waals surface area contributed by atoms with Crippen LogP contribution in [0.5, 0.6) is 0 Å². The van der Waals surface area contributed by atoms with Gasteiger partial charge in [-0.2, -0.15) is 18.3 Å². The van der Waals surface area contributed by atoms with Gasteiger partial charge in [0.05, 0.1) is 16.6 Å². The SMILES string of the molecule is Cn1cc(-c2ccc(F)c(C(F)(F)F)c2)nc1C1CCN(c2ncnc3[nH]nc(C#C[Si](C)(C)C)c23)CC1. The molecule has 4 heterocycles. The molecule has 1 saturated heterocycles. The number of halogens is 4. The highest BCUT2D eigenvalue weighted by Crippen LogP contribution is 2.36. The van der Waals surface area contributed by atoms with E-state index in [-0.39, 0.29) is 11.5 Å². The fraction of sp³-hybridized carbons (Fsp3) is 0.385. The van der Waals surface area contributed by atoms with Gasteiger partial charge in [0, 0.05) is 37.8 Å². The van der Waals surface area contributed by atoms with Crippen LogP contribution in [-0.4, -0.2) is 50.9 Å². The summed E-state index contributed by atoms with van der Waals surface area (Å²) in [6, 6.07) is 2.98. The number of hydrogen-bond acceptors (Lipinski definition) is 5. The quantitative estimate of drug-likeness (QED) is 0.210. The number of rotatable bonds is 3. The normalized spacial score (nSPS) is 15.1. The van der Waals surface area contributed by atoms with Crippen LogP contribution in [-0.2, 0) is 13.2 Å². The first-order chi connectivity index (χ1) is 17.9. The topological polar surface area (TPSA) is 75.5 Å². The van der Waals surface area contributed by atoms with Crippen molar-refractivity contribution in [1.29, 1.82) is 0 Å². The standard InChI is InChI=1S/C26H27F4N7Si/c1-36-14-21(17-5-6-19(27)18(13-17)26(28,29)30)33-24(36)16-7-10-37(11-8-16)25-22-20(9-12-38(2,3)4)34-35-23(22)31-15-32-25/h5-6,13-16H,7-8,10-11H2,1-4H3,(H,31,32,34,35). The van der Waals surface area contributed by atoms with Crippen molar-refractivity contribution in [3.63, 3.8) is 0 Å². The van der Waals surface area contributed by atoms with E-state index in [1.54, 1.807) is 6.20 Å². The Morgan fingerprint density at radius 3 is 2.53 bits per heavy atom. The van der Waals surface area contributed by atoms with E-state index in [1.165, 1.54) is 12.4 Å². The highest BCUT2D eigenvalue weighted by molar-refractivity contribution is 6.83. The summed E-state index contributed by atoms with van der Waals surface area (Å²) in [4.78, 5) is 15.7. The molecule has 1 N–H and O–H groups in total. The molecule has 0 saturated carbocycles. The van der Waals surface area contributed by atoms with Crippen molar-refractivity contribution >= 4 is 24.9 Å². The van der Waals surface area contributed by atoms with Crippen LogP contribution in [0.4, 0.5) is 23.4 Å². The molecular formula is C26H27F4N7Si. The minimum absolute atomic E-state index is 0.111. The highest BCUT2D eigenvalue weighted by Gasteiger charge is 2.34. The maximum Gasteiger partial charge on any atom is 0.419 e. The van der Waals surface area contributed by atoms with Crippen molar-refractivity contribution in [2.24, 2.45) is 7.05 Å². The van der Waals surface area contributed by atoms with Crippen LogP contribution < -0.4 is 4.90 Å². The zero-order valence-electron chi connectivity index (χ0n) is 21.5. The molecule has 1 aromatic carbocycles. The van der Waals surface area contributed by atoms with E-state index < -0.39 is 25.6 Å². The Balaban J connectivity index is 1.37. The zero-order chi connectivity index (χ0) is 27.2. The van der Waals surface area contributed by atoms with Gasteiger partial charge in [0.2, 0.25) is 0 Å². The van der Waals surface area contributed by atoms with E-state index in [1.807, 2.05) is 11.6 Å². The van der Waals surface area contributed by atoms with Crippen molar-refractivity contribution in [2.45, 2.75) is 44.6 Å². The van der Waals surface area contributed by atoms with E-state index >= 15 is 0 Å². The van der Waals surface area contributed by atoms with Crippen molar-refractivity contribution in [1.82, 2.24) is 29.7 Å². The lowest BCUT2D eigenvalue weighted by atomic mass is 9.95. The molecule has 1 aliphatic rings. The first kappa shape index (κ1) is 25.9. The third kappa shape index (κ3) is 5.15. The van der Waals surface area contributed by atoms with Crippen LogP contribution in [0.3, 0.4) is 0 Å². The Hall–Kier alpha value is -3.72. The van der Waals surface area contributed by atoms with Crippen molar-refractivity contribution in [3.05, 3.63) is 53.6 Å². The molecule has 3 aromatic heterocycles. The number of fused-ring (bicyclic) bond motifs is 1. The third-order valence-electron chi connectivity index (χ3n) is 6.53. The lowest BCUT2D eigenvalue weighted by Crippen LogP contribution is -2.34. The molecule has 7 nitrogen and oxygen atoms in total. The molecule has 1 aliphatic heterocycles. The molecule has 4 aromatic rings. The number of H-pyrrole nitrogens is 1. The summed E-state index contributed by atoms with van der Waals surface area (Å²) >= 11 is 0. The van der Waals surface area contributed by atoms with E-state index in [0.29, 0.717) is 30.1 Å². The van der Waals surface area contributed by atoms with Crippen LogP contribution in [0.2, 0.25) is 19.6 Å². The number of alkyl halides is 3. The van der Waals surface area contributed by atoms with Crippen LogP contribution in [0.15, 0.2) is 30.7 Å². The Morgan fingerprint density at radius 1 is 1.11 bits per heavy atom. The van der Waals surface area contributed by atoms with Gasteiger partial charge in [-0.25, -0.2) is 19.3 Å². The number of imidazole rings is 1. The van der Waals surface area contributed by atoms with Crippen LogP contribution >= 0.6 is 0 Å². The second kappa shape index (κ2) is 9.54. The maximum absolute atomic E-state index is 13.8. The number of hydrogen-bond donors (Lipinski definition) is 1. The Bertz CT molecular complexity index is 1550. The molecule has 0 bridgehead atoms. The fourth-order valence-electron chi connectivity index (χ4n) is 4.67. The summed E-state index contributed by atoms with van der Waals surface area (Å²) in [7, 11) is 0.228. The van der Waals surface area contributed by atoms with Crippen molar-refractivity contribution in [2.75, 3.05) is 18.0 Å². The van der Waals surface area contributed by atoms with Gasteiger partial charge in [-0.05, 0) is 31.0 Å². The van der Waals surface area contributed by atoms with E-state index in [4.69, 9.17) is 0 Å². The Morgan fingerprint density at radius 2 is 1.84 bits per heavy atom. The molecule has 1 fully saturated rings. The van der Waals surface area contributed by atoms with Crippen molar-refractivity contribution < 1.29 is 17.6 Å². The van der Waals surface area contributed by atoms with Gasteiger partial charge >= 0.3 is 6.18 Å². The summed E-state index contributed by atoms with van der Waals surface area (Å²) in [5.41, 5.74) is 3.96. The van der Waals surface area contributed by atoms with E-state index in [0.717, 1.165) is 42.0 Å². The first-order valence-electron chi connectivity index (χ1n) is 12.3. The summed E-state index contributed by atoms with van der Waals surface area (Å²) < 4.78 is 55.2. The van der Waals surface area contributed by atoms with Gasteiger partial charge in [0.25, 0.3) is 0 Å². The molecule has 5 rings (SSSR count). The molecule has 0 amide bonds. The minimum Gasteiger partial charge on any atom is -0.356 e. The largest absolute Gasteiger partial charge is 0.419 e. The maximum atomic E-state index is 13.8. The number of aromatic nitrogens is 6. The minimum atomic E-state index is -4.77. The lowest BCUT2D eigenvalue weighted by Gasteiger charge is -2.32. The number of aromatic amines is 1. The smallest absolute Gasteiger partial charge is 0.356 e. The summed E-state index contributed by atoms with van der Waals surface area (Å²) in [5, 5.41) is 8.15. The average molecular weight is 542 g/mol. The Kier molecular flexibility index (Phi) is 6.51. The number of nitrogens with one attached hydrogen (secondary N) is 1. The van der Waals surface area contributed by atoms with Crippen LogP contribution in [0, 0.1) is 17.3 Å². The number of benzene rings is 1. The second-order valence-electron chi connectivity index (χ2n) is 10.5. The molecule has 38 heavy (non-hydrogen) atoms. The van der Waals surface area contributed by atoms with E-state index in [9.17, 15) is 17.6 Å². The van der Waals surface area contributed by atoms with E-state index in [2.05, 4.69) is 61.2 Å². The molecule has 12 heteroatoms. The van der Waals surface area contributed by atoms with Gasteiger partial charge in [-0.3, -0.25) is 5.10 Å². The molecule has 0 spiro atoms. The van der Waals surface area contributed by atoms with Gasteiger partial charge in [0.1, 0.15) is 37.6 Å². The predicted octanol–water partition coefficient (Wildman–Crippen LogP) is 5.52. The number of anilines is 1. The predicted molar refractivity (Wildman–Crippen MR) is 140 cm³/mol. The fourth-order valence-corrected chi connectivity index (χ4v) is 5.16. The molecule has 0 unspecified atom stereocenters. The molecule has 0 atom stereocenters.